The molecule has 2 amide bonds. The Kier molecular flexibility index (Phi) is 11.3. The molecule has 4 aromatic carbocycles. The Morgan fingerprint density at radius 1 is 0.745 bits per heavy atom. The van der Waals surface area contributed by atoms with E-state index >= 15 is 0 Å². The SMILES string of the molecule is CCc1ccc(CN(C(=O)/C=C/c2ccc(C(F)(F)F)cc2)C(Cc2ccccc2)C(=O)N2CCN(Cc3ccccc3)CC2)cc1. The fourth-order valence-electron chi connectivity index (χ4n) is 5.81. The summed E-state index contributed by atoms with van der Waals surface area (Å²) in [6, 6.07) is 31.8. The van der Waals surface area contributed by atoms with Crippen LogP contribution in [0.2, 0.25) is 0 Å². The van der Waals surface area contributed by atoms with E-state index in [1.807, 2.05) is 77.7 Å². The molecule has 8 heteroatoms. The number of carbonyl (C=O) groups excluding carboxylic acids is 2. The van der Waals surface area contributed by atoms with E-state index in [9.17, 15) is 22.8 Å². The van der Waals surface area contributed by atoms with Crippen LogP contribution >= 0.6 is 0 Å². The van der Waals surface area contributed by atoms with Crippen molar-refractivity contribution in [3.63, 3.8) is 0 Å². The normalized spacial score (nSPS) is 14.7. The molecule has 0 radical (unpaired) electrons. The van der Waals surface area contributed by atoms with Gasteiger partial charge in [-0.05, 0) is 52.4 Å². The summed E-state index contributed by atoms with van der Waals surface area (Å²) in [5.74, 6) is -0.504. The topological polar surface area (TPSA) is 43.9 Å². The van der Waals surface area contributed by atoms with E-state index in [-0.39, 0.29) is 18.4 Å². The van der Waals surface area contributed by atoms with Crippen LogP contribution in [0, 0.1) is 0 Å². The van der Waals surface area contributed by atoms with Crippen molar-refractivity contribution in [1.29, 1.82) is 0 Å². The van der Waals surface area contributed by atoms with Crippen molar-refractivity contribution in [3.8, 4) is 0 Å². The molecule has 1 heterocycles. The molecule has 1 saturated heterocycles. The summed E-state index contributed by atoms with van der Waals surface area (Å²) in [4.78, 5) is 34.2. The van der Waals surface area contributed by atoms with Gasteiger partial charge in [0.1, 0.15) is 6.04 Å². The van der Waals surface area contributed by atoms with Gasteiger partial charge in [0.05, 0.1) is 5.56 Å². The highest BCUT2D eigenvalue weighted by atomic mass is 19.4. The molecule has 0 saturated carbocycles. The molecular weight excluding hydrogens is 599 g/mol. The van der Waals surface area contributed by atoms with Crippen LogP contribution in [0.4, 0.5) is 13.2 Å². The van der Waals surface area contributed by atoms with Crippen molar-refractivity contribution in [2.24, 2.45) is 0 Å². The molecular formula is C39H40F3N3O2. The average molecular weight is 640 g/mol. The van der Waals surface area contributed by atoms with E-state index in [4.69, 9.17) is 0 Å². The Bertz CT molecular complexity index is 1610. The number of aryl methyl sites for hydroxylation is 1. The third-order valence-electron chi connectivity index (χ3n) is 8.59. The number of piperazine rings is 1. The molecule has 0 aliphatic carbocycles. The van der Waals surface area contributed by atoms with Crippen LogP contribution in [0.3, 0.4) is 0 Å². The van der Waals surface area contributed by atoms with Crippen molar-refractivity contribution in [3.05, 3.63) is 149 Å². The van der Waals surface area contributed by atoms with Gasteiger partial charge in [-0.25, -0.2) is 0 Å². The Labute approximate surface area is 274 Å². The zero-order chi connectivity index (χ0) is 33.2. The Morgan fingerprint density at radius 2 is 1.32 bits per heavy atom. The van der Waals surface area contributed by atoms with Gasteiger partial charge in [0.25, 0.3) is 0 Å². The van der Waals surface area contributed by atoms with Gasteiger partial charge in [0.15, 0.2) is 0 Å². The molecule has 4 aromatic rings. The predicted octanol–water partition coefficient (Wildman–Crippen LogP) is 7.27. The number of benzene rings is 4. The lowest BCUT2D eigenvalue weighted by Crippen LogP contribution is -2.56. The van der Waals surface area contributed by atoms with Crippen molar-refractivity contribution in [2.45, 2.75) is 45.1 Å². The van der Waals surface area contributed by atoms with Gasteiger partial charge in [-0.15, -0.1) is 0 Å². The molecule has 244 valence electrons. The standard InChI is InChI=1S/C39H40F3N3O2/c1-2-30-13-15-34(16-14-30)29-45(37(46)22-19-31-17-20-35(21-18-31)39(40,41)42)36(27-32-9-5-3-6-10-32)38(47)44-25-23-43(24-26-44)28-33-11-7-4-8-12-33/h3-22,36H,2,23-29H2,1H3/b22-19+. The second-order valence-corrected chi connectivity index (χ2v) is 11.9. The van der Waals surface area contributed by atoms with E-state index in [2.05, 4.69) is 24.0 Å². The summed E-state index contributed by atoms with van der Waals surface area (Å²) in [5.41, 5.74) is 3.91. The van der Waals surface area contributed by atoms with Gasteiger partial charge in [-0.1, -0.05) is 104 Å². The van der Waals surface area contributed by atoms with Crippen molar-refractivity contribution < 1.29 is 22.8 Å². The predicted molar refractivity (Wildman–Crippen MR) is 179 cm³/mol. The molecule has 0 bridgehead atoms. The maximum atomic E-state index is 14.4. The van der Waals surface area contributed by atoms with E-state index in [1.165, 1.54) is 35.4 Å². The lowest BCUT2D eigenvalue weighted by molar-refractivity contribution is -0.145. The molecule has 0 N–H and O–H groups in total. The summed E-state index contributed by atoms with van der Waals surface area (Å²) < 4.78 is 39.3. The van der Waals surface area contributed by atoms with Crippen LogP contribution in [-0.2, 0) is 41.7 Å². The molecule has 0 spiro atoms. The number of hydrogen-bond donors (Lipinski definition) is 0. The maximum absolute atomic E-state index is 14.4. The van der Waals surface area contributed by atoms with Crippen LogP contribution in [0.1, 0.15) is 40.3 Å². The summed E-state index contributed by atoms with van der Waals surface area (Å²) >= 11 is 0. The smallest absolute Gasteiger partial charge is 0.338 e. The molecule has 1 atom stereocenters. The summed E-state index contributed by atoms with van der Waals surface area (Å²) in [7, 11) is 0. The summed E-state index contributed by atoms with van der Waals surface area (Å²) in [6.45, 7) is 5.63. The van der Waals surface area contributed by atoms with Crippen LogP contribution in [0.25, 0.3) is 6.08 Å². The summed E-state index contributed by atoms with van der Waals surface area (Å²) in [5, 5.41) is 0. The van der Waals surface area contributed by atoms with Gasteiger partial charge in [0, 0.05) is 51.8 Å². The quantitative estimate of drug-likeness (QED) is 0.162. The fraction of sp³-hybridized carbons (Fsp3) is 0.282. The molecule has 1 aliphatic heterocycles. The first-order valence-corrected chi connectivity index (χ1v) is 16.0. The number of alkyl halides is 3. The summed E-state index contributed by atoms with van der Waals surface area (Å²) in [6.07, 6.45) is -0.380. The molecule has 47 heavy (non-hydrogen) atoms. The van der Waals surface area contributed by atoms with E-state index in [1.54, 1.807) is 4.90 Å². The van der Waals surface area contributed by atoms with Crippen molar-refractivity contribution >= 4 is 17.9 Å². The first kappa shape index (κ1) is 33.7. The fourth-order valence-corrected chi connectivity index (χ4v) is 5.81. The highest BCUT2D eigenvalue weighted by Crippen LogP contribution is 2.29. The highest BCUT2D eigenvalue weighted by molar-refractivity contribution is 5.95. The number of nitrogens with zero attached hydrogens (tertiary/aromatic N) is 3. The second kappa shape index (κ2) is 15.7. The number of amides is 2. The lowest BCUT2D eigenvalue weighted by atomic mass is 10.0. The average Bonchev–Trinajstić information content (AvgIpc) is 3.10. The largest absolute Gasteiger partial charge is 0.416 e. The maximum Gasteiger partial charge on any atom is 0.416 e. The van der Waals surface area contributed by atoms with Gasteiger partial charge in [-0.2, -0.15) is 13.2 Å². The minimum atomic E-state index is -4.44. The van der Waals surface area contributed by atoms with Gasteiger partial charge in [-0.3, -0.25) is 14.5 Å². The monoisotopic (exact) mass is 639 g/mol. The van der Waals surface area contributed by atoms with E-state index < -0.39 is 17.8 Å². The zero-order valence-electron chi connectivity index (χ0n) is 26.6. The van der Waals surface area contributed by atoms with E-state index in [0.717, 1.165) is 49.3 Å². The first-order valence-electron chi connectivity index (χ1n) is 16.0. The van der Waals surface area contributed by atoms with Crippen molar-refractivity contribution in [2.75, 3.05) is 26.2 Å². The van der Waals surface area contributed by atoms with E-state index in [0.29, 0.717) is 25.1 Å². The number of rotatable bonds is 11. The minimum Gasteiger partial charge on any atom is -0.338 e. The minimum absolute atomic E-state index is 0.116. The molecule has 1 unspecified atom stereocenters. The zero-order valence-corrected chi connectivity index (χ0v) is 26.6. The first-order chi connectivity index (χ1) is 22.7. The van der Waals surface area contributed by atoms with Crippen LogP contribution < -0.4 is 0 Å². The van der Waals surface area contributed by atoms with Gasteiger partial charge < -0.3 is 9.80 Å². The van der Waals surface area contributed by atoms with Crippen LogP contribution in [0.15, 0.2) is 115 Å². The third-order valence-corrected chi connectivity index (χ3v) is 8.59. The van der Waals surface area contributed by atoms with Gasteiger partial charge in [0.2, 0.25) is 11.8 Å². The van der Waals surface area contributed by atoms with Crippen LogP contribution in [0.5, 0.6) is 0 Å². The lowest BCUT2D eigenvalue weighted by Gasteiger charge is -2.39. The second-order valence-electron chi connectivity index (χ2n) is 11.9. The van der Waals surface area contributed by atoms with Crippen LogP contribution in [-0.4, -0.2) is 58.7 Å². The third kappa shape index (κ3) is 9.42. The highest BCUT2D eigenvalue weighted by Gasteiger charge is 2.34. The number of carbonyl (C=O) groups is 2. The van der Waals surface area contributed by atoms with Gasteiger partial charge >= 0.3 is 6.18 Å². The number of halogens is 3. The molecule has 5 nitrogen and oxygen atoms in total. The molecule has 5 rings (SSSR count). The molecule has 0 aromatic heterocycles. The number of hydrogen-bond acceptors (Lipinski definition) is 3. The molecule has 1 aliphatic rings. The Morgan fingerprint density at radius 3 is 1.89 bits per heavy atom. The Hall–Kier alpha value is -4.69. The Balaban J connectivity index is 1.41. The molecule has 1 fully saturated rings. The van der Waals surface area contributed by atoms with Crippen molar-refractivity contribution in [1.82, 2.24) is 14.7 Å².